The van der Waals surface area contributed by atoms with Crippen molar-refractivity contribution in [3.63, 3.8) is 0 Å². The van der Waals surface area contributed by atoms with Crippen molar-refractivity contribution >= 4 is 16.5 Å². The van der Waals surface area contributed by atoms with Crippen molar-refractivity contribution in [2.24, 2.45) is 0 Å². The lowest BCUT2D eigenvalue weighted by molar-refractivity contribution is 1.33. The molecule has 0 unspecified atom stereocenters. The second-order valence-corrected chi connectivity index (χ2v) is 2.41. The summed E-state index contributed by atoms with van der Waals surface area (Å²) in [5.41, 5.74) is 0. The highest BCUT2D eigenvalue weighted by Crippen LogP contribution is 2.00. The number of anilines is 1. The van der Waals surface area contributed by atoms with E-state index in [-0.39, 0.29) is 4.74 Å². The Morgan fingerprint density at radius 2 is 2.56 bits per heavy atom. The van der Waals surface area contributed by atoms with Gasteiger partial charge in [0.2, 0.25) is 4.74 Å². The first-order valence-electron chi connectivity index (χ1n) is 2.47. The van der Waals surface area contributed by atoms with Crippen LogP contribution in [0.1, 0.15) is 0 Å². The van der Waals surface area contributed by atoms with Gasteiger partial charge < -0.3 is 5.32 Å². The van der Waals surface area contributed by atoms with Crippen LogP contribution in [0.5, 0.6) is 0 Å². The molecule has 0 saturated heterocycles. The molecular formula is C5H6N2OS. The van der Waals surface area contributed by atoms with Crippen LogP contribution in [0.4, 0.5) is 5.13 Å². The van der Waals surface area contributed by atoms with Gasteiger partial charge in [0, 0.05) is 19.3 Å². The molecule has 48 valence electrons. The molecule has 0 amide bonds. The average molecular weight is 142 g/mol. The summed E-state index contributed by atoms with van der Waals surface area (Å²) in [6.07, 6.45) is 1.49. The van der Waals surface area contributed by atoms with Gasteiger partial charge in [-0.25, -0.2) is 4.98 Å². The van der Waals surface area contributed by atoms with Crippen LogP contribution in [-0.4, -0.2) is 12.0 Å². The molecule has 0 saturated carbocycles. The second kappa shape index (κ2) is 2.59. The lowest BCUT2D eigenvalue weighted by Crippen LogP contribution is -1.96. The van der Waals surface area contributed by atoms with E-state index in [1.165, 1.54) is 12.3 Å². The molecule has 0 aliphatic heterocycles. The summed E-state index contributed by atoms with van der Waals surface area (Å²) in [4.78, 5) is 14.5. The Kier molecular flexibility index (Phi) is 1.79. The minimum absolute atomic E-state index is 0.0225. The summed E-state index contributed by atoms with van der Waals surface area (Å²) in [7, 11) is 1.73. The number of rotatable bonds is 1. The molecule has 4 heteroatoms. The maximum Gasteiger partial charge on any atom is 0.237 e. The van der Waals surface area contributed by atoms with Crippen LogP contribution in [0.25, 0.3) is 0 Å². The van der Waals surface area contributed by atoms with Gasteiger partial charge in [-0.15, -0.1) is 0 Å². The predicted octanol–water partition coefficient (Wildman–Crippen LogP) is 0.545. The van der Waals surface area contributed by atoms with Gasteiger partial charge in [-0.1, -0.05) is 11.3 Å². The molecular weight excluding hydrogens is 136 g/mol. The van der Waals surface area contributed by atoms with Gasteiger partial charge in [0.25, 0.3) is 0 Å². The zero-order valence-electron chi connectivity index (χ0n) is 4.92. The van der Waals surface area contributed by atoms with Crippen molar-refractivity contribution in [2.75, 3.05) is 12.4 Å². The van der Waals surface area contributed by atoms with Crippen molar-refractivity contribution in [1.82, 2.24) is 4.98 Å². The predicted molar refractivity (Wildman–Crippen MR) is 37.9 cm³/mol. The van der Waals surface area contributed by atoms with Gasteiger partial charge in [0.05, 0.1) is 0 Å². The quantitative estimate of drug-likeness (QED) is 0.622. The van der Waals surface area contributed by atoms with Crippen molar-refractivity contribution in [1.29, 1.82) is 0 Å². The zero-order chi connectivity index (χ0) is 6.69. The van der Waals surface area contributed by atoms with Crippen molar-refractivity contribution in [2.45, 2.75) is 0 Å². The molecule has 0 fully saturated rings. The zero-order valence-corrected chi connectivity index (χ0v) is 5.73. The number of nitrogens with one attached hydrogen (secondary N) is 1. The summed E-state index contributed by atoms with van der Waals surface area (Å²) < 4.78 is 0.0225. The van der Waals surface area contributed by atoms with E-state index >= 15 is 0 Å². The smallest absolute Gasteiger partial charge is 0.237 e. The number of hydrogen-bond donors (Lipinski definition) is 1. The Morgan fingerprint density at radius 1 is 1.78 bits per heavy atom. The molecule has 1 heterocycles. The minimum Gasteiger partial charge on any atom is -0.364 e. The Morgan fingerprint density at radius 3 is 3.00 bits per heavy atom. The third-order valence-corrected chi connectivity index (χ3v) is 1.65. The van der Waals surface area contributed by atoms with Crippen LogP contribution < -0.4 is 10.1 Å². The summed E-state index contributed by atoms with van der Waals surface area (Å²) in [5, 5.41) is 3.43. The first kappa shape index (κ1) is 6.22. The van der Waals surface area contributed by atoms with E-state index in [0.717, 1.165) is 11.3 Å². The van der Waals surface area contributed by atoms with E-state index in [9.17, 15) is 4.79 Å². The van der Waals surface area contributed by atoms with Gasteiger partial charge in [-0.05, 0) is 0 Å². The summed E-state index contributed by atoms with van der Waals surface area (Å²) in [6.45, 7) is 0. The molecule has 0 spiro atoms. The van der Waals surface area contributed by atoms with Crippen LogP contribution in [0.15, 0.2) is 17.1 Å². The third kappa shape index (κ3) is 1.50. The van der Waals surface area contributed by atoms with Crippen molar-refractivity contribution in [3.8, 4) is 0 Å². The molecule has 0 aromatic carbocycles. The molecule has 0 radical (unpaired) electrons. The van der Waals surface area contributed by atoms with Gasteiger partial charge in [0.1, 0.15) is 0 Å². The first-order valence-corrected chi connectivity index (χ1v) is 3.28. The Bertz CT molecular complexity index is 245. The molecule has 0 atom stereocenters. The Balaban J connectivity index is 3.08. The first-order chi connectivity index (χ1) is 4.33. The summed E-state index contributed by atoms with van der Waals surface area (Å²) in [5.74, 6) is 0. The Labute approximate surface area is 56.4 Å². The second-order valence-electron chi connectivity index (χ2n) is 1.42. The summed E-state index contributed by atoms with van der Waals surface area (Å²) >= 11 is 1.10. The fraction of sp³-hybridized carbons (Fsp3) is 0.200. The van der Waals surface area contributed by atoms with Crippen LogP contribution in [-0.2, 0) is 0 Å². The van der Waals surface area contributed by atoms with E-state index in [2.05, 4.69) is 10.3 Å². The van der Waals surface area contributed by atoms with Crippen LogP contribution in [0.3, 0.4) is 0 Å². The van der Waals surface area contributed by atoms with E-state index in [0.29, 0.717) is 5.13 Å². The highest BCUT2D eigenvalue weighted by atomic mass is 32.1. The maximum atomic E-state index is 10.6. The molecule has 0 aliphatic rings. The molecule has 0 aliphatic carbocycles. The molecule has 1 aromatic rings. The summed E-state index contributed by atoms with van der Waals surface area (Å²) in [6, 6.07) is 1.44. The molecule has 1 aromatic heterocycles. The highest BCUT2D eigenvalue weighted by Gasteiger charge is 1.87. The standard InChI is InChI=1S/C5H6N2OS/c1-6-5-7-3-2-4(8)9-5/h2-3H,1H3,(H,6,7). The van der Waals surface area contributed by atoms with E-state index < -0.39 is 0 Å². The van der Waals surface area contributed by atoms with Crippen molar-refractivity contribution < 1.29 is 0 Å². The van der Waals surface area contributed by atoms with Crippen molar-refractivity contribution in [3.05, 3.63) is 21.8 Å². The minimum atomic E-state index is 0.0225. The Hall–Kier alpha value is -0.900. The van der Waals surface area contributed by atoms with E-state index in [1.54, 1.807) is 7.05 Å². The number of aromatic nitrogens is 1. The normalized spacial score (nSPS) is 9.00. The molecule has 9 heavy (non-hydrogen) atoms. The lowest BCUT2D eigenvalue weighted by Gasteiger charge is -1.91. The fourth-order valence-electron chi connectivity index (χ4n) is 0.437. The molecule has 3 nitrogen and oxygen atoms in total. The highest BCUT2D eigenvalue weighted by molar-refractivity contribution is 7.12. The average Bonchev–Trinajstić information content (AvgIpc) is 1.88. The van der Waals surface area contributed by atoms with Gasteiger partial charge in [-0.3, -0.25) is 4.79 Å². The lowest BCUT2D eigenvalue weighted by atomic mass is 10.7. The van der Waals surface area contributed by atoms with Gasteiger partial charge >= 0.3 is 0 Å². The van der Waals surface area contributed by atoms with Gasteiger partial charge in [-0.2, -0.15) is 0 Å². The molecule has 0 bridgehead atoms. The maximum absolute atomic E-state index is 10.6. The molecule has 1 N–H and O–H groups in total. The van der Waals surface area contributed by atoms with Gasteiger partial charge in [0.15, 0.2) is 5.13 Å². The largest absolute Gasteiger partial charge is 0.364 e. The van der Waals surface area contributed by atoms with Crippen LogP contribution >= 0.6 is 11.3 Å². The molecule has 1 rings (SSSR count). The van der Waals surface area contributed by atoms with Crippen LogP contribution in [0, 0.1) is 0 Å². The van der Waals surface area contributed by atoms with E-state index in [4.69, 9.17) is 0 Å². The topological polar surface area (TPSA) is 42.0 Å². The monoisotopic (exact) mass is 142 g/mol. The fourth-order valence-corrected chi connectivity index (χ4v) is 0.972. The number of nitrogens with zero attached hydrogens (tertiary/aromatic N) is 1. The third-order valence-electron chi connectivity index (χ3n) is 0.814. The number of hydrogen-bond acceptors (Lipinski definition) is 4. The SMILES string of the molecule is CNc1nccc(=O)s1. The van der Waals surface area contributed by atoms with Crippen LogP contribution in [0.2, 0.25) is 0 Å². The van der Waals surface area contributed by atoms with E-state index in [1.807, 2.05) is 0 Å².